The van der Waals surface area contributed by atoms with Gasteiger partial charge in [-0.25, -0.2) is 0 Å². The summed E-state index contributed by atoms with van der Waals surface area (Å²) in [6.45, 7) is 3.34. The Hall–Kier alpha value is -0.610. The summed E-state index contributed by atoms with van der Waals surface area (Å²) in [6, 6.07) is -0.0715. The molecule has 0 aromatic heterocycles. The van der Waals surface area contributed by atoms with E-state index in [4.69, 9.17) is 15.6 Å². The molecule has 4 heteroatoms. The Morgan fingerprint density at radius 1 is 1.71 bits per heavy atom. The molecule has 1 saturated heterocycles. The van der Waals surface area contributed by atoms with Crippen molar-refractivity contribution in [3.63, 3.8) is 0 Å². The van der Waals surface area contributed by atoms with Gasteiger partial charge >= 0.3 is 5.97 Å². The Morgan fingerprint density at radius 3 is 2.86 bits per heavy atom. The van der Waals surface area contributed by atoms with E-state index in [1.807, 2.05) is 6.92 Å². The molecule has 1 fully saturated rings. The van der Waals surface area contributed by atoms with E-state index in [1.54, 1.807) is 0 Å². The van der Waals surface area contributed by atoms with Crippen molar-refractivity contribution in [2.45, 2.75) is 32.2 Å². The van der Waals surface area contributed by atoms with E-state index in [9.17, 15) is 4.79 Å². The summed E-state index contributed by atoms with van der Waals surface area (Å²) in [6.07, 6.45) is 2.22. The smallest absolute Gasteiger partial charge is 0.303 e. The normalized spacial score (nSPS) is 26.9. The standard InChI is InChI=1S/C10H19NO3/c1-7(11)9(5-10(12)13)8-3-2-4-14-6-8/h7-9H,2-6,11H2,1H3,(H,12,13). The van der Waals surface area contributed by atoms with Gasteiger partial charge in [0.05, 0.1) is 0 Å². The Morgan fingerprint density at radius 2 is 2.43 bits per heavy atom. The lowest BCUT2D eigenvalue weighted by Gasteiger charge is -2.31. The van der Waals surface area contributed by atoms with Gasteiger partial charge in [-0.2, -0.15) is 0 Å². The number of nitrogens with two attached hydrogens (primary N) is 1. The molecule has 0 aromatic rings. The molecule has 1 rings (SSSR count). The highest BCUT2D eigenvalue weighted by molar-refractivity contribution is 5.67. The highest BCUT2D eigenvalue weighted by atomic mass is 16.5. The average Bonchev–Trinajstić information content (AvgIpc) is 2.15. The van der Waals surface area contributed by atoms with Crippen LogP contribution in [0.2, 0.25) is 0 Å². The maximum atomic E-state index is 10.7. The van der Waals surface area contributed by atoms with Gasteiger partial charge in [0.2, 0.25) is 0 Å². The summed E-state index contributed by atoms with van der Waals surface area (Å²) in [7, 11) is 0. The summed E-state index contributed by atoms with van der Waals surface area (Å²) in [5.41, 5.74) is 5.80. The topological polar surface area (TPSA) is 72.6 Å². The van der Waals surface area contributed by atoms with Crippen LogP contribution in [0.1, 0.15) is 26.2 Å². The van der Waals surface area contributed by atoms with Crippen molar-refractivity contribution in [2.24, 2.45) is 17.6 Å². The summed E-state index contributed by atoms with van der Waals surface area (Å²) in [5, 5.41) is 8.77. The fraction of sp³-hybridized carbons (Fsp3) is 0.900. The van der Waals surface area contributed by atoms with Crippen LogP contribution in [0.3, 0.4) is 0 Å². The summed E-state index contributed by atoms with van der Waals surface area (Å²) in [5.74, 6) is -0.398. The zero-order valence-electron chi connectivity index (χ0n) is 8.61. The average molecular weight is 201 g/mol. The molecule has 0 bridgehead atoms. The van der Waals surface area contributed by atoms with Gasteiger partial charge in [-0.3, -0.25) is 4.79 Å². The molecule has 1 heterocycles. The van der Waals surface area contributed by atoms with Gasteiger partial charge in [-0.1, -0.05) is 0 Å². The first-order valence-corrected chi connectivity index (χ1v) is 5.16. The summed E-state index contributed by atoms with van der Waals surface area (Å²) >= 11 is 0. The van der Waals surface area contributed by atoms with Crippen molar-refractivity contribution < 1.29 is 14.6 Å². The molecule has 3 N–H and O–H groups in total. The lowest BCUT2D eigenvalue weighted by atomic mass is 9.81. The maximum absolute atomic E-state index is 10.7. The highest BCUT2D eigenvalue weighted by Crippen LogP contribution is 2.26. The van der Waals surface area contributed by atoms with E-state index in [1.165, 1.54) is 0 Å². The Balaban J connectivity index is 2.51. The van der Waals surface area contributed by atoms with E-state index < -0.39 is 5.97 Å². The van der Waals surface area contributed by atoms with E-state index in [-0.39, 0.29) is 18.4 Å². The number of rotatable bonds is 4. The van der Waals surface area contributed by atoms with E-state index >= 15 is 0 Å². The van der Waals surface area contributed by atoms with Gasteiger partial charge in [-0.15, -0.1) is 0 Å². The number of aliphatic carboxylic acids is 1. The van der Waals surface area contributed by atoms with Crippen molar-refractivity contribution in [3.8, 4) is 0 Å². The van der Waals surface area contributed by atoms with Gasteiger partial charge < -0.3 is 15.6 Å². The number of carboxylic acids is 1. The van der Waals surface area contributed by atoms with Crippen molar-refractivity contribution in [1.29, 1.82) is 0 Å². The fourth-order valence-electron chi connectivity index (χ4n) is 2.09. The zero-order valence-corrected chi connectivity index (χ0v) is 8.61. The molecular formula is C10H19NO3. The lowest BCUT2D eigenvalue weighted by Crippen LogP contribution is -2.37. The molecule has 82 valence electrons. The molecule has 0 aromatic carbocycles. The molecule has 1 aliphatic rings. The minimum absolute atomic E-state index is 0.0489. The van der Waals surface area contributed by atoms with E-state index in [0.29, 0.717) is 12.5 Å². The molecule has 0 radical (unpaired) electrons. The van der Waals surface area contributed by atoms with Gasteiger partial charge in [0, 0.05) is 25.7 Å². The number of hydrogen-bond acceptors (Lipinski definition) is 3. The molecule has 0 amide bonds. The monoisotopic (exact) mass is 201 g/mol. The Kier molecular flexibility index (Phi) is 4.35. The fourth-order valence-corrected chi connectivity index (χ4v) is 2.09. The van der Waals surface area contributed by atoms with E-state index in [2.05, 4.69) is 0 Å². The molecule has 14 heavy (non-hydrogen) atoms. The van der Waals surface area contributed by atoms with Crippen molar-refractivity contribution in [1.82, 2.24) is 0 Å². The van der Waals surface area contributed by atoms with Crippen LogP contribution in [0, 0.1) is 11.8 Å². The predicted molar refractivity (Wildman–Crippen MR) is 52.9 cm³/mol. The number of ether oxygens (including phenoxy) is 1. The molecule has 0 saturated carbocycles. The first kappa shape index (κ1) is 11.5. The number of carbonyl (C=O) groups is 1. The van der Waals surface area contributed by atoms with Crippen LogP contribution in [-0.4, -0.2) is 30.3 Å². The SMILES string of the molecule is CC(N)C(CC(=O)O)C1CCCOC1. The highest BCUT2D eigenvalue weighted by Gasteiger charge is 2.28. The third-order valence-electron chi connectivity index (χ3n) is 2.89. The second-order valence-corrected chi connectivity index (χ2v) is 4.10. The molecular weight excluding hydrogens is 182 g/mol. The molecule has 3 atom stereocenters. The van der Waals surface area contributed by atoms with Gasteiger partial charge in [0.15, 0.2) is 0 Å². The predicted octanol–water partition coefficient (Wildman–Crippen LogP) is 0.851. The summed E-state index contributed by atoms with van der Waals surface area (Å²) in [4.78, 5) is 10.7. The molecule has 0 spiro atoms. The van der Waals surface area contributed by atoms with Crippen molar-refractivity contribution >= 4 is 5.97 Å². The second-order valence-electron chi connectivity index (χ2n) is 4.10. The van der Waals surface area contributed by atoms with Gasteiger partial charge in [0.1, 0.15) is 0 Å². The first-order chi connectivity index (χ1) is 6.61. The van der Waals surface area contributed by atoms with Gasteiger partial charge in [-0.05, 0) is 31.6 Å². The third kappa shape index (κ3) is 3.27. The number of carboxylic acid groups (broad SMARTS) is 1. The number of hydrogen-bond donors (Lipinski definition) is 2. The van der Waals surface area contributed by atoms with Crippen LogP contribution in [0.5, 0.6) is 0 Å². The van der Waals surface area contributed by atoms with Crippen molar-refractivity contribution in [3.05, 3.63) is 0 Å². The van der Waals surface area contributed by atoms with Crippen molar-refractivity contribution in [2.75, 3.05) is 13.2 Å². The molecule has 1 aliphatic heterocycles. The van der Waals surface area contributed by atoms with Crippen LogP contribution in [0.25, 0.3) is 0 Å². The maximum Gasteiger partial charge on any atom is 0.303 e. The Labute approximate surface area is 84.4 Å². The summed E-state index contributed by atoms with van der Waals surface area (Å²) < 4.78 is 5.35. The zero-order chi connectivity index (χ0) is 10.6. The molecule has 3 unspecified atom stereocenters. The Bertz CT molecular complexity index is 188. The quantitative estimate of drug-likeness (QED) is 0.707. The third-order valence-corrected chi connectivity index (χ3v) is 2.89. The van der Waals surface area contributed by atoms with Crippen LogP contribution < -0.4 is 5.73 Å². The lowest BCUT2D eigenvalue weighted by molar-refractivity contribution is -0.139. The molecule has 4 nitrogen and oxygen atoms in total. The van der Waals surface area contributed by atoms with Crippen LogP contribution in [0.15, 0.2) is 0 Å². The first-order valence-electron chi connectivity index (χ1n) is 5.16. The van der Waals surface area contributed by atoms with Crippen LogP contribution >= 0.6 is 0 Å². The van der Waals surface area contributed by atoms with Crippen LogP contribution in [-0.2, 0) is 9.53 Å². The van der Waals surface area contributed by atoms with Gasteiger partial charge in [0.25, 0.3) is 0 Å². The molecule has 0 aliphatic carbocycles. The largest absolute Gasteiger partial charge is 0.481 e. The minimum atomic E-state index is -0.766. The van der Waals surface area contributed by atoms with Crippen LogP contribution in [0.4, 0.5) is 0 Å². The second kappa shape index (κ2) is 5.32. The minimum Gasteiger partial charge on any atom is -0.481 e. The van der Waals surface area contributed by atoms with E-state index in [0.717, 1.165) is 19.4 Å².